The zero-order valence-corrected chi connectivity index (χ0v) is 12.7. The molecule has 2 aromatic rings. The number of hydrogen-bond acceptors (Lipinski definition) is 3. The number of rotatable bonds is 3. The first-order valence-electron chi connectivity index (χ1n) is 7.18. The van der Waals surface area contributed by atoms with Crippen molar-refractivity contribution in [1.82, 2.24) is 10.3 Å². The minimum Gasteiger partial charge on any atom is -0.309 e. The first-order chi connectivity index (χ1) is 9.69. The Morgan fingerprint density at radius 1 is 1.45 bits per heavy atom. The fourth-order valence-electron chi connectivity index (χ4n) is 2.77. The highest BCUT2D eigenvalue weighted by atomic mass is 32.1. The predicted octanol–water partition coefficient (Wildman–Crippen LogP) is 4.24. The van der Waals surface area contributed by atoms with Crippen LogP contribution in [0.5, 0.6) is 0 Å². The van der Waals surface area contributed by atoms with Gasteiger partial charge in [-0.15, -0.1) is 11.3 Å². The molecule has 0 saturated heterocycles. The Labute approximate surface area is 123 Å². The fraction of sp³-hybridized carbons (Fsp3) is 0.438. The first kappa shape index (κ1) is 13.7. The molecule has 0 bridgehead atoms. The Morgan fingerprint density at radius 3 is 3.05 bits per heavy atom. The van der Waals surface area contributed by atoms with E-state index < -0.39 is 0 Å². The zero-order chi connectivity index (χ0) is 14.1. The van der Waals surface area contributed by atoms with Crippen molar-refractivity contribution in [3.05, 3.63) is 40.2 Å². The maximum absolute atomic E-state index is 14.1. The largest absolute Gasteiger partial charge is 0.309 e. The lowest BCUT2D eigenvalue weighted by atomic mass is 9.98. The Morgan fingerprint density at radius 2 is 2.30 bits per heavy atom. The van der Waals surface area contributed by atoms with E-state index in [2.05, 4.69) is 17.2 Å². The van der Waals surface area contributed by atoms with Crippen LogP contribution in [0.3, 0.4) is 0 Å². The third-order valence-electron chi connectivity index (χ3n) is 3.76. The van der Waals surface area contributed by atoms with Gasteiger partial charge in [-0.3, -0.25) is 0 Å². The van der Waals surface area contributed by atoms with Gasteiger partial charge in [0.1, 0.15) is 10.8 Å². The van der Waals surface area contributed by atoms with Crippen LogP contribution >= 0.6 is 11.3 Å². The summed E-state index contributed by atoms with van der Waals surface area (Å²) in [4.78, 5) is 5.98. The van der Waals surface area contributed by atoms with E-state index >= 15 is 0 Å². The molecule has 1 aliphatic carbocycles. The van der Waals surface area contributed by atoms with Gasteiger partial charge in [0.25, 0.3) is 0 Å². The molecule has 1 aliphatic rings. The van der Waals surface area contributed by atoms with Gasteiger partial charge in [0.05, 0.1) is 5.69 Å². The average Bonchev–Trinajstić information content (AvgIpc) is 2.83. The summed E-state index contributed by atoms with van der Waals surface area (Å²) in [6.45, 7) is 4.98. The molecule has 1 N–H and O–H groups in total. The Bertz CT molecular complexity index is 621. The van der Waals surface area contributed by atoms with Gasteiger partial charge in [0, 0.05) is 16.5 Å². The molecule has 106 valence electrons. The molecule has 1 unspecified atom stereocenters. The van der Waals surface area contributed by atoms with E-state index in [4.69, 9.17) is 0 Å². The van der Waals surface area contributed by atoms with E-state index in [-0.39, 0.29) is 5.82 Å². The summed E-state index contributed by atoms with van der Waals surface area (Å²) in [6, 6.07) is 5.76. The first-order valence-corrected chi connectivity index (χ1v) is 8.00. The van der Waals surface area contributed by atoms with Crippen molar-refractivity contribution in [3.8, 4) is 10.6 Å². The number of fused-ring (bicyclic) bond motifs is 1. The van der Waals surface area contributed by atoms with Crippen LogP contribution in [-0.4, -0.2) is 11.5 Å². The summed E-state index contributed by atoms with van der Waals surface area (Å²) < 4.78 is 14.1. The number of hydrogen-bond donors (Lipinski definition) is 1. The van der Waals surface area contributed by atoms with Crippen molar-refractivity contribution in [2.24, 2.45) is 0 Å². The summed E-state index contributed by atoms with van der Waals surface area (Å²) in [6.07, 6.45) is 3.32. The number of halogens is 1. The van der Waals surface area contributed by atoms with E-state index in [9.17, 15) is 4.39 Å². The van der Waals surface area contributed by atoms with Crippen molar-refractivity contribution in [2.45, 2.75) is 39.2 Å². The lowest BCUT2D eigenvalue weighted by Gasteiger charge is -2.21. The lowest BCUT2D eigenvalue weighted by molar-refractivity contribution is 0.476. The number of benzene rings is 1. The smallest absolute Gasteiger partial charge is 0.133 e. The van der Waals surface area contributed by atoms with Crippen LogP contribution in [0.1, 0.15) is 41.9 Å². The van der Waals surface area contributed by atoms with Gasteiger partial charge in [-0.1, -0.05) is 13.0 Å². The van der Waals surface area contributed by atoms with Crippen molar-refractivity contribution in [2.75, 3.05) is 6.54 Å². The van der Waals surface area contributed by atoms with Crippen LogP contribution in [0.15, 0.2) is 18.2 Å². The number of thiazole rings is 1. The van der Waals surface area contributed by atoms with E-state index in [0.717, 1.165) is 42.1 Å². The van der Waals surface area contributed by atoms with Crippen LogP contribution in [0.25, 0.3) is 10.6 Å². The van der Waals surface area contributed by atoms with Gasteiger partial charge in [-0.25, -0.2) is 9.37 Å². The molecule has 0 saturated carbocycles. The lowest BCUT2D eigenvalue weighted by Crippen LogP contribution is -2.23. The van der Waals surface area contributed by atoms with Crippen molar-refractivity contribution in [3.63, 3.8) is 0 Å². The highest BCUT2D eigenvalue weighted by Gasteiger charge is 2.24. The normalized spacial score (nSPS) is 18.1. The highest BCUT2D eigenvalue weighted by Crippen LogP contribution is 2.38. The molecule has 0 fully saturated rings. The van der Waals surface area contributed by atoms with Crippen LogP contribution in [0.4, 0.5) is 4.39 Å². The van der Waals surface area contributed by atoms with Crippen LogP contribution in [0.2, 0.25) is 0 Å². The Kier molecular flexibility index (Phi) is 3.85. The summed E-state index contributed by atoms with van der Waals surface area (Å²) in [7, 11) is 0. The standard InChI is InChI=1S/C16H19FN2S/c1-3-18-13-5-4-6-14-15(13)20-16(19-14)11-8-7-10(2)9-12(11)17/h7-9,13,18H,3-6H2,1-2H3. The van der Waals surface area contributed by atoms with E-state index in [0.29, 0.717) is 11.6 Å². The zero-order valence-electron chi connectivity index (χ0n) is 11.9. The fourth-order valence-corrected chi connectivity index (χ4v) is 4.02. The van der Waals surface area contributed by atoms with E-state index in [1.54, 1.807) is 17.4 Å². The van der Waals surface area contributed by atoms with Gasteiger partial charge in [-0.05, 0) is 50.4 Å². The molecule has 3 rings (SSSR count). The van der Waals surface area contributed by atoms with Gasteiger partial charge < -0.3 is 5.32 Å². The van der Waals surface area contributed by atoms with Crippen LogP contribution in [0, 0.1) is 12.7 Å². The monoisotopic (exact) mass is 290 g/mol. The Hall–Kier alpha value is -1.26. The molecule has 1 heterocycles. The summed E-state index contributed by atoms with van der Waals surface area (Å²) in [5.74, 6) is -0.170. The summed E-state index contributed by atoms with van der Waals surface area (Å²) in [5, 5.41) is 4.32. The summed E-state index contributed by atoms with van der Waals surface area (Å²) >= 11 is 1.64. The molecular formula is C16H19FN2S. The second-order valence-electron chi connectivity index (χ2n) is 5.32. The minimum absolute atomic E-state index is 0.170. The third kappa shape index (κ3) is 2.50. The van der Waals surface area contributed by atoms with E-state index in [1.165, 1.54) is 4.88 Å². The van der Waals surface area contributed by atoms with E-state index in [1.807, 2.05) is 19.1 Å². The van der Waals surface area contributed by atoms with Gasteiger partial charge in [0.2, 0.25) is 0 Å². The molecule has 4 heteroatoms. The average molecular weight is 290 g/mol. The molecule has 0 spiro atoms. The number of aromatic nitrogens is 1. The minimum atomic E-state index is -0.170. The Balaban J connectivity index is 2.00. The SMILES string of the molecule is CCNC1CCCc2nc(-c3ccc(C)cc3F)sc21. The maximum Gasteiger partial charge on any atom is 0.133 e. The molecule has 1 aromatic carbocycles. The molecule has 0 amide bonds. The molecule has 2 nitrogen and oxygen atoms in total. The molecule has 1 atom stereocenters. The van der Waals surface area contributed by atoms with Gasteiger partial charge in [-0.2, -0.15) is 0 Å². The van der Waals surface area contributed by atoms with Crippen molar-refractivity contribution >= 4 is 11.3 Å². The molecule has 0 radical (unpaired) electrons. The number of nitrogens with zero attached hydrogens (tertiary/aromatic N) is 1. The second-order valence-corrected chi connectivity index (χ2v) is 6.35. The van der Waals surface area contributed by atoms with Crippen LogP contribution < -0.4 is 5.32 Å². The molecule has 20 heavy (non-hydrogen) atoms. The van der Waals surface area contributed by atoms with Gasteiger partial charge >= 0.3 is 0 Å². The molecule has 0 aliphatic heterocycles. The predicted molar refractivity (Wildman–Crippen MR) is 81.6 cm³/mol. The summed E-state index contributed by atoms with van der Waals surface area (Å²) in [5.41, 5.74) is 2.73. The third-order valence-corrected chi connectivity index (χ3v) is 5.00. The quantitative estimate of drug-likeness (QED) is 0.914. The number of nitrogens with one attached hydrogen (secondary N) is 1. The maximum atomic E-state index is 14.1. The highest BCUT2D eigenvalue weighted by molar-refractivity contribution is 7.15. The van der Waals surface area contributed by atoms with Gasteiger partial charge in [0.15, 0.2) is 0 Å². The molecular weight excluding hydrogens is 271 g/mol. The van der Waals surface area contributed by atoms with Crippen molar-refractivity contribution < 1.29 is 4.39 Å². The molecule has 1 aromatic heterocycles. The van der Waals surface area contributed by atoms with Crippen molar-refractivity contribution in [1.29, 1.82) is 0 Å². The van der Waals surface area contributed by atoms with Crippen LogP contribution in [-0.2, 0) is 6.42 Å². The second kappa shape index (κ2) is 5.62. The number of aryl methyl sites for hydroxylation is 2. The topological polar surface area (TPSA) is 24.9 Å².